The number of hydrogen-bond acceptors (Lipinski definition) is 5. The van der Waals surface area contributed by atoms with Crippen LogP contribution in [0, 0.1) is 0 Å². The Labute approximate surface area is 159 Å². The van der Waals surface area contributed by atoms with Crippen LogP contribution in [-0.4, -0.2) is 36.4 Å². The normalized spacial score (nSPS) is 14.1. The zero-order valence-corrected chi connectivity index (χ0v) is 15.9. The van der Waals surface area contributed by atoms with E-state index in [0.29, 0.717) is 29.3 Å². The summed E-state index contributed by atoms with van der Waals surface area (Å²) >= 11 is 0. The maximum atomic E-state index is 12.8. The molecule has 1 aliphatic heterocycles. The molecule has 2 aromatic carbocycles. The first-order valence-corrected chi connectivity index (χ1v) is 9.08. The molecule has 2 aromatic rings. The topological polar surface area (TPSA) is 77.2 Å². The van der Waals surface area contributed by atoms with E-state index in [4.69, 9.17) is 15.2 Å². The van der Waals surface area contributed by atoms with E-state index in [1.807, 2.05) is 32.0 Å². The molecule has 1 amide bonds. The Balaban J connectivity index is 1.89. The van der Waals surface area contributed by atoms with Gasteiger partial charge in [-0.25, -0.2) is 5.01 Å². The lowest BCUT2D eigenvalue weighted by Crippen LogP contribution is -2.32. The van der Waals surface area contributed by atoms with E-state index in [1.165, 1.54) is 5.01 Å². The van der Waals surface area contributed by atoms with E-state index in [-0.39, 0.29) is 12.0 Å². The average Bonchev–Trinajstić information content (AvgIpc) is 2.67. The minimum Gasteiger partial charge on any atom is -0.493 e. The molecule has 2 N–H and O–H groups in total. The van der Waals surface area contributed by atoms with Gasteiger partial charge in [0.1, 0.15) is 0 Å². The molecule has 0 atom stereocenters. The molecule has 6 heteroatoms. The standard InChI is InChI=1S/C21H25N3O3/c1-14(2)27-20-13-15(9-10-19(20)26-3)18-8-5-11-24(23-18)21(25)16-6-4-7-17(22)12-16/h4,6-7,9-10,12-14H,5,8,11,22H2,1-3H3. The highest BCUT2D eigenvalue weighted by molar-refractivity contribution is 6.03. The third kappa shape index (κ3) is 4.39. The summed E-state index contributed by atoms with van der Waals surface area (Å²) in [5, 5.41) is 6.11. The SMILES string of the molecule is COc1ccc(C2=NN(C(=O)c3cccc(N)c3)CCC2)cc1OC(C)C. The number of methoxy groups -OCH3 is 1. The van der Waals surface area contributed by atoms with Gasteiger partial charge in [0, 0.05) is 23.4 Å². The van der Waals surface area contributed by atoms with Crippen LogP contribution < -0.4 is 15.2 Å². The second-order valence-electron chi connectivity index (χ2n) is 6.74. The Morgan fingerprint density at radius 3 is 2.70 bits per heavy atom. The number of benzene rings is 2. The monoisotopic (exact) mass is 367 g/mol. The smallest absolute Gasteiger partial charge is 0.274 e. The molecule has 0 fully saturated rings. The number of nitrogens with zero attached hydrogens (tertiary/aromatic N) is 2. The molecule has 0 saturated heterocycles. The number of ether oxygens (including phenoxy) is 2. The fourth-order valence-corrected chi connectivity index (χ4v) is 3.01. The number of amides is 1. The van der Waals surface area contributed by atoms with Crippen LogP contribution in [0.2, 0.25) is 0 Å². The van der Waals surface area contributed by atoms with Crippen molar-refractivity contribution in [3.63, 3.8) is 0 Å². The quantitative estimate of drug-likeness (QED) is 0.818. The van der Waals surface area contributed by atoms with E-state index in [9.17, 15) is 4.79 Å². The van der Waals surface area contributed by atoms with Crippen molar-refractivity contribution >= 4 is 17.3 Å². The number of anilines is 1. The van der Waals surface area contributed by atoms with Crippen LogP contribution in [0.15, 0.2) is 47.6 Å². The molecule has 1 aliphatic rings. The van der Waals surface area contributed by atoms with Gasteiger partial charge in [-0.05, 0) is 63.1 Å². The number of hydrogen-bond donors (Lipinski definition) is 1. The molecular formula is C21H25N3O3. The average molecular weight is 367 g/mol. The van der Waals surface area contributed by atoms with Crippen LogP contribution in [0.3, 0.4) is 0 Å². The third-order valence-electron chi connectivity index (χ3n) is 4.25. The van der Waals surface area contributed by atoms with Crippen molar-refractivity contribution in [3.05, 3.63) is 53.6 Å². The number of carbonyl (C=O) groups excluding carboxylic acids is 1. The van der Waals surface area contributed by atoms with Gasteiger partial charge < -0.3 is 15.2 Å². The maximum Gasteiger partial charge on any atom is 0.274 e. The summed E-state index contributed by atoms with van der Waals surface area (Å²) in [6.07, 6.45) is 1.68. The van der Waals surface area contributed by atoms with E-state index in [0.717, 1.165) is 24.1 Å². The molecule has 3 rings (SSSR count). The van der Waals surface area contributed by atoms with Gasteiger partial charge in [0.05, 0.1) is 18.9 Å². The molecule has 0 unspecified atom stereocenters. The lowest BCUT2D eigenvalue weighted by atomic mass is 10.0. The highest BCUT2D eigenvalue weighted by Gasteiger charge is 2.21. The zero-order chi connectivity index (χ0) is 19.4. The first-order valence-electron chi connectivity index (χ1n) is 9.08. The van der Waals surface area contributed by atoms with Gasteiger partial charge in [-0.1, -0.05) is 6.07 Å². The first-order chi connectivity index (χ1) is 13.0. The summed E-state index contributed by atoms with van der Waals surface area (Å²) in [5.74, 6) is 1.20. The van der Waals surface area contributed by atoms with E-state index < -0.39 is 0 Å². The predicted octanol–water partition coefficient (Wildman–Crippen LogP) is 3.70. The Morgan fingerprint density at radius 1 is 1.19 bits per heavy atom. The van der Waals surface area contributed by atoms with Crippen molar-refractivity contribution in [1.82, 2.24) is 5.01 Å². The van der Waals surface area contributed by atoms with Crippen LogP contribution in [0.5, 0.6) is 11.5 Å². The minimum absolute atomic E-state index is 0.0315. The number of nitrogen functional groups attached to an aromatic ring is 1. The fraction of sp³-hybridized carbons (Fsp3) is 0.333. The molecule has 0 radical (unpaired) electrons. The van der Waals surface area contributed by atoms with Gasteiger partial charge in [0.15, 0.2) is 11.5 Å². The number of nitrogens with two attached hydrogens (primary N) is 1. The van der Waals surface area contributed by atoms with Gasteiger partial charge in [0.2, 0.25) is 0 Å². The highest BCUT2D eigenvalue weighted by Crippen LogP contribution is 2.30. The number of hydrazone groups is 1. The largest absolute Gasteiger partial charge is 0.493 e. The van der Waals surface area contributed by atoms with E-state index >= 15 is 0 Å². The maximum absolute atomic E-state index is 12.8. The Bertz CT molecular complexity index is 862. The molecule has 142 valence electrons. The van der Waals surface area contributed by atoms with E-state index in [2.05, 4.69) is 5.10 Å². The fourth-order valence-electron chi connectivity index (χ4n) is 3.01. The van der Waals surface area contributed by atoms with Crippen molar-refractivity contribution in [2.75, 3.05) is 19.4 Å². The van der Waals surface area contributed by atoms with Crippen LogP contribution in [0.1, 0.15) is 42.6 Å². The van der Waals surface area contributed by atoms with Crippen molar-refractivity contribution in [1.29, 1.82) is 0 Å². The van der Waals surface area contributed by atoms with Crippen molar-refractivity contribution < 1.29 is 14.3 Å². The first kappa shape index (κ1) is 18.8. The van der Waals surface area contributed by atoms with E-state index in [1.54, 1.807) is 31.4 Å². The van der Waals surface area contributed by atoms with Gasteiger partial charge in [-0.3, -0.25) is 4.79 Å². The van der Waals surface area contributed by atoms with Gasteiger partial charge in [-0.15, -0.1) is 0 Å². The molecule has 27 heavy (non-hydrogen) atoms. The zero-order valence-electron chi connectivity index (χ0n) is 15.9. The summed E-state index contributed by atoms with van der Waals surface area (Å²) in [6.45, 7) is 4.52. The summed E-state index contributed by atoms with van der Waals surface area (Å²) in [4.78, 5) is 12.8. The van der Waals surface area contributed by atoms with Crippen LogP contribution >= 0.6 is 0 Å². The summed E-state index contributed by atoms with van der Waals surface area (Å²) in [6, 6.07) is 12.7. The van der Waals surface area contributed by atoms with Crippen LogP contribution in [0.25, 0.3) is 0 Å². The molecule has 0 bridgehead atoms. The Kier molecular flexibility index (Phi) is 5.64. The van der Waals surface area contributed by atoms with Crippen LogP contribution in [0.4, 0.5) is 5.69 Å². The second kappa shape index (κ2) is 8.12. The van der Waals surface area contributed by atoms with Gasteiger partial charge >= 0.3 is 0 Å². The number of carbonyl (C=O) groups is 1. The molecular weight excluding hydrogens is 342 g/mol. The number of rotatable bonds is 5. The lowest BCUT2D eigenvalue weighted by molar-refractivity contribution is 0.0751. The second-order valence-corrected chi connectivity index (χ2v) is 6.74. The highest BCUT2D eigenvalue weighted by atomic mass is 16.5. The third-order valence-corrected chi connectivity index (χ3v) is 4.25. The molecule has 0 aliphatic carbocycles. The summed E-state index contributed by atoms with van der Waals surface area (Å²) < 4.78 is 11.2. The summed E-state index contributed by atoms with van der Waals surface area (Å²) in [5.41, 5.74) is 8.68. The van der Waals surface area contributed by atoms with Gasteiger partial charge in [0.25, 0.3) is 5.91 Å². The predicted molar refractivity (Wildman–Crippen MR) is 106 cm³/mol. The minimum atomic E-state index is -0.147. The molecule has 6 nitrogen and oxygen atoms in total. The molecule has 1 heterocycles. The van der Waals surface area contributed by atoms with Crippen molar-refractivity contribution in [2.24, 2.45) is 5.10 Å². The van der Waals surface area contributed by atoms with Crippen LogP contribution in [-0.2, 0) is 0 Å². The Hall–Kier alpha value is -3.02. The summed E-state index contributed by atoms with van der Waals surface area (Å²) in [7, 11) is 1.62. The van der Waals surface area contributed by atoms with Crippen molar-refractivity contribution in [3.8, 4) is 11.5 Å². The molecule has 0 saturated carbocycles. The van der Waals surface area contributed by atoms with Gasteiger partial charge in [-0.2, -0.15) is 5.10 Å². The molecule has 0 spiro atoms. The lowest BCUT2D eigenvalue weighted by Gasteiger charge is -2.24. The Morgan fingerprint density at radius 2 is 2.00 bits per heavy atom. The van der Waals surface area contributed by atoms with Crippen molar-refractivity contribution in [2.45, 2.75) is 32.8 Å². The molecule has 0 aromatic heterocycles.